The molecular formula is C11H16O3S. The third-order valence-electron chi connectivity index (χ3n) is 2.00. The molecule has 84 valence electrons. The van der Waals surface area contributed by atoms with Gasteiger partial charge >= 0.3 is 0 Å². The van der Waals surface area contributed by atoms with Gasteiger partial charge in [-0.05, 0) is 24.8 Å². The van der Waals surface area contributed by atoms with Gasteiger partial charge in [0.1, 0.15) is 0 Å². The lowest BCUT2D eigenvalue weighted by molar-refractivity contribution is 0.312. The fourth-order valence-electron chi connectivity index (χ4n) is 1.29. The predicted octanol–water partition coefficient (Wildman–Crippen LogP) is 1.99. The first-order valence-corrected chi connectivity index (χ1v) is 6.78. The zero-order valence-corrected chi connectivity index (χ0v) is 9.66. The van der Waals surface area contributed by atoms with Gasteiger partial charge in [0.05, 0.1) is 12.9 Å². The molecule has 3 nitrogen and oxygen atoms in total. The molecule has 0 unspecified atom stereocenters. The van der Waals surface area contributed by atoms with Crippen molar-refractivity contribution < 1.29 is 12.6 Å². The maximum absolute atomic E-state index is 10.6. The van der Waals surface area contributed by atoms with Gasteiger partial charge in [0, 0.05) is 0 Å². The van der Waals surface area contributed by atoms with Gasteiger partial charge < -0.3 is 0 Å². The van der Waals surface area contributed by atoms with Crippen LogP contribution in [0.2, 0.25) is 0 Å². The number of hydrogen-bond acceptors (Lipinski definition) is 3. The van der Waals surface area contributed by atoms with Crippen LogP contribution in [0.25, 0.3) is 0 Å². The number of hydrogen-bond donors (Lipinski definition) is 0. The zero-order chi connectivity index (χ0) is 11.1. The van der Waals surface area contributed by atoms with E-state index in [0.29, 0.717) is 0 Å². The second kappa shape index (κ2) is 5.88. The van der Waals surface area contributed by atoms with E-state index in [1.807, 2.05) is 18.2 Å². The van der Waals surface area contributed by atoms with E-state index in [0.717, 1.165) is 25.5 Å². The molecule has 0 aliphatic carbocycles. The van der Waals surface area contributed by atoms with Gasteiger partial charge in [0.25, 0.3) is 10.1 Å². The van der Waals surface area contributed by atoms with E-state index in [9.17, 15) is 8.42 Å². The number of benzene rings is 1. The Hall–Kier alpha value is -0.870. The number of rotatable bonds is 6. The summed E-state index contributed by atoms with van der Waals surface area (Å²) in [5.74, 6) is 0. The van der Waals surface area contributed by atoms with Gasteiger partial charge in [-0.2, -0.15) is 8.42 Å². The van der Waals surface area contributed by atoms with Gasteiger partial charge in [-0.3, -0.25) is 4.18 Å². The summed E-state index contributed by atoms with van der Waals surface area (Å²) in [5.41, 5.74) is 1.27. The molecule has 1 aromatic rings. The molecular weight excluding hydrogens is 212 g/mol. The minimum atomic E-state index is -3.27. The highest BCUT2D eigenvalue weighted by Crippen LogP contribution is 2.04. The van der Waals surface area contributed by atoms with Crippen molar-refractivity contribution in [3.05, 3.63) is 35.9 Å². The molecule has 0 fully saturated rings. The summed E-state index contributed by atoms with van der Waals surface area (Å²) in [4.78, 5) is 0. The van der Waals surface area contributed by atoms with Gasteiger partial charge in [-0.15, -0.1) is 0 Å². The molecule has 0 amide bonds. The van der Waals surface area contributed by atoms with Crippen molar-refractivity contribution in [1.82, 2.24) is 0 Å². The highest BCUT2D eigenvalue weighted by atomic mass is 32.2. The van der Waals surface area contributed by atoms with Crippen molar-refractivity contribution in [1.29, 1.82) is 0 Å². The van der Waals surface area contributed by atoms with Crippen LogP contribution in [0.15, 0.2) is 30.3 Å². The Morgan fingerprint density at radius 1 is 1.13 bits per heavy atom. The molecule has 0 radical (unpaired) electrons. The van der Waals surface area contributed by atoms with Crippen molar-refractivity contribution in [2.75, 3.05) is 12.9 Å². The van der Waals surface area contributed by atoms with Gasteiger partial charge in [0.15, 0.2) is 0 Å². The van der Waals surface area contributed by atoms with Crippen LogP contribution in [-0.2, 0) is 20.7 Å². The highest BCUT2D eigenvalue weighted by molar-refractivity contribution is 7.85. The fraction of sp³-hybridized carbons (Fsp3) is 0.455. The minimum Gasteiger partial charge on any atom is -0.270 e. The van der Waals surface area contributed by atoms with Crippen molar-refractivity contribution >= 4 is 10.1 Å². The molecule has 0 N–H and O–H groups in total. The molecule has 1 aromatic carbocycles. The fourth-order valence-corrected chi connectivity index (χ4v) is 1.71. The summed E-state index contributed by atoms with van der Waals surface area (Å²) in [6.45, 7) is 0.283. The molecule has 1 rings (SSSR count). The summed E-state index contributed by atoms with van der Waals surface area (Å²) in [6.07, 6.45) is 3.75. The Bertz CT molecular complexity index is 370. The summed E-state index contributed by atoms with van der Waals surface area (Å²) in [5, 5.41) is 0. The van der Waals surface area contributed by atoms with Crippen LogP contribution in [0.3, 0.4) is 0 Å². The second-order valence-corrected chi connectivity index (χ2v) is 5.11. The van der Waals surface area contributed by atoms with Crippen LogP contribution in [-0.4, -0.2) is 21.3 Å². The van der Waals surface area contributed by atoms with Crippen molar-refractivity contribution in [2.45, 2.75) is 19.3 Å². The van der Waals surface area contributed by atoms with E-state index in [2.05, 4.69) is 16.3 Å². The van der Waals surface area contributed by atoms with Gasteiger partial charge in [0.2, 0.25) is 0 Å². The normalized spacial score (nSPS) is 11.5. The van der Waals surface area contributed by atoms with Crippen LogP contribution in [0, 0.1) is 0 Å². The van der Waals surface area contributed by atoms with Gasteiger partial charge in [-0.25, -0.2) is 0 Å². The quantitative estimate of drug-likeness (QED) is 0.552. The molecule has 0 heterocycles. The second-order valence-electron chi connectivity index (χ2n) is 3.47. The monoisotopic (exact) mass is 228 g/mol. The van der Waals surface area contributed by atoms with E-state index in [-0.39, 0.29) is 6.61 Å². The lowest BCUT2D eigenvalue weighted by Crippen LogP contribution is -2.04. The number of aryl methyl sites for hydroxylation is 1. The van der Waals surface area contributed by atoms with Crippen molar-refractivity contribution in [3.63, 3.8) is 0 Å². The lowest BCUT2D eigenvalue weighted by Gasteiger charge is -2.01. The maximum Gasteiger partial charge on any atom is 0.264 e. The van der Waals surface area contributed by atoms with Crippen LogP contribution in [0.4, 0.5) is 0 Å². The SMILES string of the molecule is CS(=O)(=O)OCCCCc1ccccc1. The topological polar surface area (TPSA) is 43.4 Å². The molecule has 0 aromatic heterocycles. The van der Waals surface area contributed by atoms with Crippen LogP contribution < -0.4 is 0 Å². The highest BCUT2D eigenvalue weighted by Gasteiger charge is 2.00. The molecule has 0 aliphatic rings. The smallest absolute Gasteiger partial charge is 0.264 e. The molecule has 0 aliphatic heterocycles. The minimum absolute atomic E-state index is 0.283. The Morgan fingerprint density at radius 2 is 1.80 bits per heavy atom. The first-order chi connectivity index (χ1) is 7.08. The maximum atomic E-state index is 10.6. The number of unbranched alkanes of at least 4 members (excludes halogenated alkanes) is 1. The van der Waals surface area contributed by atoms with Gasteiger partial charge in [-0.1, -0.05) is 30.3 Å². The van der Waals surface area contributed by atoms with E-state index < -0.39 is 10.1 Å². The Balaban J connectivity index is 2.13. The summed E-state index contributed by atoms with van der Waals surface area (Å²) < 4.78 is 25.9. The molecule has 0 saturated heterocycles. The zero-order valence-electron chi connectivity index (χ0n) is 8.85. The lowest BCUT2D eigenvalue weighted by atomic mass is 10.1. The average molecular weight is 228 g/mol. The Kier molecular flexibility index (Phi) is 4.78. The molecule has 0 bridgehead atoms. The first kappa shape index (κ1) is 12.2. The molecule has 4 heteroatoms. The third kappa shape index (κ3) is 6.25. The van der Waals surface area contributed by atoms with Crippen LogP contribution >= 0.6 is 0 Å². The predicted molar refractivity (Wildman–Crippen MR) is 60.2 cm³/mol. The third-order valence-corrected chi connectivity index (χ3v) is 2.59. The van der Waals surface area contributed by atoms with Crippen molar-refractivity contribution in [2.24, 2.45) is 0 Å². The van der Waals surface area contributed by atoms with E-state index in [1.165, 1.54) is 5.56 Å². The molecule has 0 atom stereocenters. The largest absolute Gasteiger partial charge is 0.270 e. The first-order valence-electron chi connectivity index (χ1n) is 4.96. The summed E-state index contributed by atoms with van der Waals surface area (Å²) in [7, 11) is -3.27. The summed E-state index contributed by atoms with van der Waals surface area (Å²) >= 11 is 0. The van der Waals surface area contributed by atoms with Crippen LogP contribution in [0.5, 0.6) is 0 Å². The molecule has 0 spiro atoms. The van der Waals surface area contributed by atoms with Crippen LogP contribution in [0.1, 0.15) is 18.4 Å². The van der Waals surface area contributed by atoms with E-state index in [4.69, 9.17) is 0 Å². The van der Waals surface area contributed by atoms with E-state index >= 15 is 0 Å². The molecule has 0 saturated carbocycles. The average Bonchev–Trinajstić information content (AvgIpc) is 2.17. The van der Waals surface area contributed by atoms with Crippen molar-refractivity contribution in [3.8, 4) is 0 Å². The summed E-state index contributed by atoms with van der Waals surface area (Å²) in [6, 6.07) is 10.1. The standard InChI is InChI=1S/C11H16O3S/c1-15(12,13)14-10-6-5-9-11-7-3-2-4-8-11/h2-4,7-8H,5-6,9-10H2,1H3. The van der Waals surface area contributed by atoms with E-state index in [1.54, 1.807) is 0 Å². The Labute approximate surface area is 91.2 Å². The molecule has 15 heavy (non-hydrogen) atoms. The Morgan fingerprint density at radius 3 is 2.40 bits per heavy atom.